The lowest BCUT2D eigenvalue weighted by atomic mass is 10.3. The maximum Gasteiger partial charge on any atom is 0.181 e. The number of ether oxygens (including phenoxy) is 1. The van der Waals surface area contributed by atoms with Crippen molar-refractivity contribution in [3.63, 3.8) is 0 Å². The van der Waals surface area contributed by atoms with E-state index in [1.54, 1.807) is 18.9 Å². The van der Waals surface area contributed by atoms with Gasteiger partial charge in [-0.1, -0.05) is 0 Å². The molecule has 1 heterocycles. The summed E-state index contributed by atoms with van der Waals surface area (Å²) in [5, 5.41) is 0. The van der Waals surface area contributed by atoms with Crippen molar-refractivity contribution in [2.75, 3.05) is 12.8 Å². The summed E-state index contributed by atoms with van der Waals surface area (Å²) in [6.07, 6.45) is 1.46. The summed E-state index contributed by atoms with van der Waals surface area (Å²) in [7, 11) is 1.64. The molecule has 0 fully saturated rings. The van der Waals surface area contributed by atoms with Gasteiger partial charge in [0.2, 0.25) is 0 Å². The molecule has 2 rings (SSSR count). The number of nitrogens with two attached hydrogens (primary N) is 1. The summed E-state index contributed by atoms with van der Waals surface area (Å²) in [5.41, 5.74) is 7.35. The summed E-state index contributed by atoms with van der Waals surface area (Å²) in [4.78, 5) is 5.20. The van der Waals surface area contributed by atoms with Crippen molar-refractivity contribution in [1.29, 1.82) is 0 Å². The molecule has 5 heteroatoms. The van der Waals surface area contributed by atoms with E-state index in [2.05, 4.69) is 4.98 Å². The van der Waals surface area contributed by atoms with Gasteiger partial charge in [-0.2, -0.15) is 0 Å². The number of rotatable bonds is 4. The third-order valence-corrected chi connectivity index (χ3v) is 3.46. The number of nitrogens with zero attached hydrogens (tertiary/aromatic N) is 1. The molecule has 17 heavy (non-hydrogen) atoms. The summed E-state index contributed by atoms with van der Waals surface area (Å²) in [5.74, 6) is 2.39. The third kappa shape index (κ3) is 2.74. The predicted molar refractivity (Wildman–Crippen MR) is 68.2 cm³/mol. The van der Waals surface area contributed by atoms with Crippen molar-refractivity contribution < 1.29 is 9.15 Å². The van der Waals surface area contributed by atoms with Crippen LogP contribution in [0.2, 0.25) is 0 Å². The molecule has 0 aliphatic heterocycles. The molecule has 0 amide bonds. The topological polar surface area (TPSA) is 61.3 Å². The van der Waals surface area contributed by atoms with Gasteiger partial charge in [-0.25, -0.2) is 4.98 Å². The molecule has 0 aliphatic carbocycles. The Hall–Kier alpha value is -1.62. The van der Waals surface area contributed by atoms with Gasteiger partial charge in [-0.3, -0.25) is 0 Å². The van der Waals surface area contributed by atoms with Crippen molar-refractivity contribution >= 4 is 17.4 Å². The smallest absolute Gasteiger partial charge is 0.181 e. The monoisotopic (exact) mass is 250 g/mol. The lowest BCUT2D eigenvalue weighted by molar-refractivity contribution is 0.405. The first-order valence-electron chi connectivity index (χ1n) is 5.16. The van der Waals surface area contributed by atoms with Gasteiger partial charge in [0, 0.05) is 22.4 Å². The minimum atomic E-state index is 0.698. The number of methoxy groups -OCH3 is 1. The first-order valence-corrected chi connectivity index (χ1v) is 6.14. The van der Waals surface area contributed by atoms with Crippen LogP contribution in [0, 0.1) is 6.92 Å². The fourth-order valence-corrected chi connectivity index (χ4v) is 2.44. The zero-order valence-corrected chi connectivity index (χ0v) is 10.6. The molecule has 0 saturated carbocycles. The van der Waals surface area contributed by atoms with E-state index < -0.39 is 0 Å². The molecule has 0 spiro atoms. The number of anilines is 1. The first-order chi connectivity index (χ1) is 8.20. The van der Waals surface area contributed by atoms with Crippen LogP contribution in [0.15, 0.2) is 33.9 Å². The Kier molecular flexibility index (Phi) is 3.58. The van der Waals surface area contributed by atoms with Crippen LogP contribution in [0.3, 0.4) is 0 Å². The number of aromatic nitrogens is 1. The van der Waals surface area contributed by atoms with Gasteiger partial charge in [0.1, 0.15) is 11.5 Å². The zero-order chi connectivity index (χ0) is 12.3. The van der Waals surface area contributed by atoms with Gasteiger partial charge in [0.25, 0.3) is 0 Å². The van der Waals surface area contributed by atoms with E-state index in [4.69, 9.17) is 14.9 Å². The molecule has 0 bridgehead atoms. The molecule has 1 aromatic heterocycles. The number of nitrogen functional groups attached to an aromatic ring is 1. The minimum Gasteiger partial charge on any atom is -0.496 e. The van der Waals surface area contributed by atoms with E-state index in [0.29, 0.717) is 5.69 Å². The van der Waals surface area contributed by atoms with Crippen LogP contribution in [0.5, 0.6) is 5.75 Å². The van der Waals surface area contributed by atoms with E-state index in [9.17, 15) is 0 Å². The Bertz CT molecular complexity index is 511. The largest absolute Gasteiger partial charge is 0.496 e. The maximum absolute atomic E-state index is 5.70. The summed E-state index contributed by atoms with van der Waals surface area (Å²) < 4.78 is 10.4. The highest BCUT2D eigenvalue weighted by Gasteiger charge is 2.08. The van der Waals surface area contributed by atoms with Crippen LogP contribution >= 0.6 is 11.8 Å². The molecular formula is C12H14N2O2S. The Morgan fingerprint density at radius 2 is 2.29 bits per heavy atom. The van der Waals surface area contributed by atoms with Gasteiger partial charge in [-0.05, 0) is 19.1 Å². The Labute approximate surface area is 104 Å². The van der Waals surface area contributed by atoms with Crippen LogP contribution < -0.4 is 10.5 Å². The van der Waals surface area contributed by atoms with E-state index in [-0.39, 0.29) is 0 Å². The van der Waals surface area contributed by atoms with Crippen LogP contribution in [0.25, 0.3) is 0 Å². The zero-order valence-electron chi connectivity index (χ0n) is 9.77. The van der Waals surface area contributed by atoms with Gasteiger partial charge in [-0.15, -0.1) is 11.8 Å². The van der Waals surface area contributed by atoms with E-state index in [1.807, 2.05) is 25.1 Å². The number of aryl methyl sites for hydroxylation is 1. The lowest BCUT2D eigenvalue weighted by Crippen LogP contribution is -1.91. The average Bonchev–Trinajstić information content (AvgIpc) is 2.73. The molecule has 0 unspecified atom stereocenters. The highest BCUT2D eigenvalue weighted by Crippen LogP contribution is 2.33. The van der Waals surface area contributed by atoms with Crippen LogP contribution in [-0.4, -0.2) is 12.1 Å². The molecule has 0 aliphatic rings. The Balaban J connectivity index is 2.11. The Morgan fingerprint density at radius 1 is 1.47 bits per heavy atom. The third-order valence-electron chi connectivity index (χ3n) is 2.40. The number of thioether (sulfide) groups is 1. The quantitative estimate of drug-likeness (QED) is 0.667. The fraction of sp³-hybridized carbons (Fsp3) is 0.250. The molecule has 1 aromatic carbocycles. The van der Waals surface area contributed by atoms with Gasteiger partial charge < -0.3 is 14.9 Å². The first kappa shape index (κ1) is 11.9. The molecule has 2 N–H and O–H groups in total. The molecule has 2 aromatic rings. The van der Waals surface area contributed by atoms with E-state index in [0.717, 1.165) is 27.9 Å². The summed E-state index contributed by atoms with van der Waals surface area (Å²) in [6.45, 7) is 1.91. The molecule has 0 atom stereocenters. The highest BCUT2D eigenvalue weighted by molar-refractivity contribution is 7.98. The van der Waals surface area contributed by atoms with E-state index in [1.165, 1.54) is 6.39 Å². The SMILES string of the molecule is COc1cc(N)ccc1SCc1ncoc1C. The van der Waals surface area contributed by atoms with Gasteiger partial charge >= 0.3 is 0 Å². The number of oxazole rings is 1. The number of hydrogen-bond acceptors (Lipinski definition) is 5. The van der Waals surface area contributed by atoms with Crippen molar-refractivity contribution in [2.45, 2.75) is 17.6 Å². The normalized spacial score (nSPS) is 10.5. The minimum absolute atomic E-state index is 0.698. The molecule has 4 nitrogen and oxygen atoms in total. The van der Waals surface area contributed by atoms with E-state index >= 15 is 0 Å². The summed E-state index contributed by atoms with van der Waals surface area (Å²) >= 11 is 1.65. The second kappa shape index (κ2) is 5.14. The fourth-order valence-electron chi connectivity index (χ4n) is 1.42. The van der Waals surface area contributed by atoms with Crippen LogP contribution in [0.1, 0.15) is 11.5 Å². The Morgan fingerprint density at radius 3 is 2.94 bits per heavy atom. The van der Waals surface area contributed by atoms with Crippen molar-refractivity contribution in [3.05, 3.63) is 36.0 Å². The molecule has 90 valence electrons. The molecule has 0 radical (unpaired) electrons. The van der Waals surface area contributed by atoms with Gasteiger partial charge in [0.05, 0.1) is 12.8 Å². The van der Waals surface area contributed by atoms with Crippen molar-refractivity contribution in [1.82, 2.24) is 4.98 Å². The summed E-state index contributed by atoms with van der Waals surface area (Å²) in [6, 6.07) is 5.63. The van der Waals surface area contributed by atoms with Crippen molar-refractivity contribution in [2.24, 2.45) is 0 Å². The standard InChI is InChI=1S/C12H14N2O2S/c1-8-10(14-7-16-8)6-17-12-4-3-9(13)5-11(12)15-2/h3-5,7H,6,13H2,1-2H3. The number of benzene rings is 1. The van der Waals surface area contributed by atoms with Crippen LogP contribution in [-0.2, 0) is 5.75 Å². The van der Waals surface area contributed by atoms with Gasteiger partial charge in [0.15, 0.2) is 6.39 Å². The lowest BCUT2D eigenvalue weighted by Gasteiger charge is -2.08. The molecular weight excluding hydrogens is 236 g/mol. The average molecular weight is 250 g/mol. The second-order valence-electron chi connectivity index (χ2n) is 3.55. The van der Waals surface area contributed by atoms with Crippen LogP contribution in [0.4, 0.5) is 5.69 Å². The predicted octanol–water partition coefficient (Wildman–Crippen LogP) is 2.87. The number of hydrogen-bond donors (Lipinski definition) is 1. The maximum atomic E-state index is 5.70. The van der Waals surface area contributed by atoms with Crippen molar-refractivity contribution in [3.8, 4) is 5.75 Å². The highest BCUT2D eigenvalue weighted by atomic mass is 32.2. The second-order valence-corrected chi connectivity index (χ2v) is 4.57. The molecule has 0 saturated heterocycles.